The number of aryl methyl sites for hydroxylation is 1. The van der Waals surface area contributed by atoms with E-state index in [0.717, 1.165) is 17.0 Å². The first-order valence-electron chi connectivity index (χ1n) is 8.45. The van der Waals surface area contributed by atoms with Crippen molar-refractivity contribution >= 4 is 11.7 Å². The summed E-state index contributed by atoms with van der Waals surface area (Å²) in [5.74, 6) is -0.0937. The van der Waals surface area contributed by atoms with Crippen LogP contribution in [0.15, 0.2) is 72.8 Å². The maximum atomic E-state index is 10.9. The van der Waals surface area contributed by atoms with Gasteiger partial charge in [-0.25, -0.2) is 4.79 Å². The highest BCUT2D eigenvalue weighted by Gasteiger charge is 2.03. The number of anilines is 1. The fourth-order valence-electron chi connectivity index (χ4n) is 2.61. The predicted molar refractivity (Wildman–Crippen MR) is 103 cm³/mol. The molecule has 0 saturated carbocycles. The van der Waals surface area contributed by atoms with E-state index in [1.165, 1.54) is 11.1 Å². The Morgan fingerprint density at radius 2 is 1.77 bits per heavy atom. The Kier molecular flexibility index (Phi) is 5.54. The van der Waals surface area contributed by atoms with Gasteiger partial charge in [-0.2, -0.15) is 0 Å². The molecule has 0 spiro atoms. The highest BCUT2D eigenvalue weighted by molar-refractivity contribution is 5.87. The lowest BCUT2D eigenvalue weighted by atomic mass is 10.1. The van der Waals surface area contributed by atoms with Crippen LogP contribution in [0.2, 0.25) is 0 Å². The molecule has 0 amide bonds. The van der Waals surface area contributed by atoms with Crippen LogP contribution in [-0.2, 0) is 13.2 Å². The summed E-state index contributed by atoms with van der Waals surface area (Å²) in [4.78, 5) is 10.9. The minimum Gasteiger partial charge on any atom is -0.489 e. The van der Waals surface area contributed by atoms with E-state index in [2.05, 4.69) is 24.4 Å². The number of carbonyl (C=O) groups is 1. The van der Waals surface area contributed by atoms with Crippen molar-refractivity contribution in [3.8, 4) is 5.75 Å². The van der Waals surface area contributed by atoms with Gasteiger partial charge in [-0.05, 0) is 60.0 Å². The quantitative estimate of drug-likeness (QED) is 0.639. The average Bonchev–Trinajstić information content (AvgIpc) is 2.66. The summed E-state index contributed by atoms with van der Waals surface area (Å²) in [6.07, 6.45) is 0. The molecule has 0 atom stereocenters. The number of aromatic carboxylic acids is 1. The van der Waals surface area contributed by atoms with Gasteiger partial charge in [-0.1, -0.05) is 36.4 Å². The highest BCUT2D eigenvalue weighted by atomic mass is 16.5. The van der Waals surface area contributed by atoms with Crippen LogP contribution in [0.5, 0.6) is 5.75 Å². The molecule has 0 fully saturated rings. The van der Waals surface area contributed by atoms with Gasteiger partial charge in [-0.3, -0.25) is 0 Å². The molecule has 3 rings (SSSR count). The van der Waals surface area contributed by atoms with Crippen molar-refractivity contribution in [3.05, 3.63) is 95.1 Å². The Morgan fingerprint density at radius 1 is 1.00 bits per heavy atom. The maximum Gasteiger partial charge on any atom is 0.335 e. The number of ether oxygens (including phenoxy) is 1. The number of nitrogens with one attached hydrogen (secondary N) is 1. The molecule has 0 unspecified atom stereocenters. The van der Waals surface area contributed by atoms with Gasteiger partial charge in [0.05, 0.1) is 5.56 Å². The molecular formula is C22H21NO3. The van der Waals surface area contributed by atoms with Gasteiger partial charge in [0.1, 0.15) is 12.4 Å². The molecule has 3 aromatic rings. The molecule has 26 heavy (non-hydrogen) atoms. The van der Waals surface area contributed by atoms with Crippen molar-refractivity contribution in [1.29, 1.82) is 0 Å². The van der Waals surface area contributed by atoms with Crippen LogP contribution in [0.4, 0.5) is 5.69 Å². The molecule has 3 aromatic carbocycles. The van der Waals surface area contributed by atoms with E-state index >= 15 is 0 Å². The van der Waals surface area contributed by atoms with Crippen LogP contribution in [0.3, 0.4) is 0 Å². The van der Waals surface area contributed by atoms with Gasteiger partial charge in [0.15, 0.2) is 0 Å². The van der Waals surface area contributed by atoms with Crippen LogP contribution in [0.25, 0.3) is 0 Å². The van der Waals surface area contributed by atoms with Gasteiger partial charge < -0.3 is 15.2 Å². The number of hydrogen-bond acceptors (Lipinski definition) is 3. The second kappa shape index (κ2) is 8.21. The van der Waals surface area contributed by atoms with Crippen LogP contribution >= 0.6 is 0 Å². The van der Waals surface area contributed by atoms with Crippen LogP contribution in [0, 0.1) is 6.92 Å². The Morgan fingerprint density at radius 3 is 2.50 bits per heavy atom. The van der Waals surface area contributed by atoms with Crippen molar-refractivity contribution in [2.45, 2.75) is 20.1 Å². The molecule has 0 aliphatic rings. The molecular weight excluding hydrogens is 326 g/mol. The van der Waals surface area contributed by atoms with Gasteiger partial charge in [0, 0.05) is 12.2 Å². The fraction of sp³-hybridized carbons (Fsp3) is 0.136. The van der Waals surface area contributed by atoms with Crippen LogP contribution < -0.4 is 10.1 Å². The summed E-state index contributed by atoms with van der Waals surface area (Å²) >= 11 is 0. The lowest BCUT2D eigenvalue weighted by Gasteiger charge is -2.11. The first kappa shape index (κ1) is 17.5. The first-order chi connectivity index (χ1) is 12.6. The summed E-state index contributed by atoms with van der Waals surface area (Å²) < 4.78 is 5.91. The third-order valence-electron chi connectivity index (χ3n) is 4.18. The van der Waals surface area contributed by atoms with Gasteiger partial charge in [-0.15, -0.1) is 0 Å². The third kappa shape index (κ3) is 4.63. The van der Waals surface area contributed by atoms with E-state index in [1.807, 2.05) is 36.4 Å². The van der Waals surface area contributed by atoms with E-state index in [9.17, 15) is 4.79 Å². The second-order valence-electron chi connectivity index (χ2n) is 6.10. The normalized spacial score (nSPS) is 10.3. The van der Waals surface area contributed by atoms with Crippen molar-refractivity contribution in [2.24, 2.45) is 0 Å². The molecule has 132 valence electrons. The van der Waals surface area contributed by atoms with E-state index in [1.54, 1.807) is 24.3 Å². The smallest absolute Gasteiger partial charge is 0.335 e. The molecule has 0 aliphatic heterocycles. The van der Waals surface area contributed by atoms with E-state index in [4.69, 9.17) is 9.84 Å². The Balaban J connectivity index is 1.58. The van der Waals surface area contributed by atoms with Crippen molar-refractivity contribution in [2.75, 3.05) is 5.32 Å². The van der Waals surface area contributed by atoms with Gasteiger partial charge >= 0.3 is 5.97 Å². The Hall–Kier alpha value is -3.27. The van der Waals surface area contributed by atoms with E-state index < -0.39 is 5.97 Å². The van der Waals surface area contributed by atoms with E-state index in [0.29, 0.717) is 13.2 Å². The molecule has 0 radical (unpaired) electrons. The summed E-state index contributed by atoms with van der Waals surface area (Å²) in [6.45, 7) is 3.25. The van der Waals surface area contributed by atoms with Crippen LogP contribution in [-0.4, -0.2) is 11.1 Å². The Labute approximate surface area is 153 Å². The molecule has 0 aromatic heterocycles. The molecule has 0 bridgehead atoms. The lowest BCUT2D eigenvalue weighted by Crippen LogP contribution is -2.02. The number of carboxylic acids is 1. The average molecular weight is 347 g/mol. The fourth-order valence-corrected chi connectivity index (χ4v) is 2.61. The van der Waals surface area contributed by atoms with Crippen molar-refractivity contribution in [1.82, 2.24) is 0 Å². The summed E-state index contributed by atoms with van der Waals surface area (Å²) in [7, 11) is 0. The minimum atomic E-state index is -0.921. The zero-order valence-electron chi connectivity index (χ0n) is 14.6. The van der Waals surface area contributed by atoms with Crippen molar-refractivity contribution in [3.63, 3.8) is 0 Å². The van der Waals surface area contributed by atoms with Gasteiger partial charge in [0.2, 0.25) is 0 Å². The summed E-state index contributed by atoms with van der Waals surface area (Å²) in [6, 6.07) is 22.9. The summed E-state index contributed by atoms with van der Waals surface area (Å²) in [5.41, 5.74) is 4.64. The highest BCUT2D eigenvalue weighted by Crippen LogP contribution is 2.18. The first-order valence-corrected chi connectivity index (χ1v) is 8.45. The standard InChI is InChI=1S/C22H21NO3/c1-16-5-2-3-7-19(16)15-26-21-8-4-6-17(13-21)14-23-20-11-9-18(10-12-20)22(24)25/h2-13,23H,14-15H2,1H3,(H,24,25). The van der Waals surface area contributed by atoms with Gasteiger partial charge in [0.25, 0.3) is 0 Å². The number of hydrogen-bond donors (Lipinski definition) is 2. The largest absolute Gasteiger partial charge is 0.489 e. The molecule has 4 nitrogen and oxygen atoms in total. The zero-order chi connectivity index (χ0) is 18.4. The number of rotatable bonds is 7. The SMILES string of the molecule is Cc1ccccc1COc1cccc(CNc2ccc(C(=O)O)cc2)c1. The van der Waals surface area contributed by atoms with Crippen LogP contribution in [0.1, 0.15) is 27.0 Å². The predicted octanol–water partition coefficient (Wildman–Crippen LogP) is 4.88. The Bertz CT molecular complexity index is 888. The zero-order valence-corrected chi connectivity index (χ0v) is 14.6. The summed E-state index contributed by atoms with van der Waals surface area (Å²) in [5, 5.41) is 12.2. The topological polar surface area (TPSA) is 58.6 Å². The van der Waals surface area contributed by atoms with E-state index in [-0.39, 0.29) is 5.56 Å². The van der Waals surface area contributed by atoms with Crippen molar-refractivity contribution < 1.29 is 14.6 Å². The minimum absolute atomic E-state index is 0.280. The number of carboxylic acid groups (broad SMARTS) is 1. The molecule has 0 saturated heterocycles. The lowest BCUT2D eigenvalue weighted by molar-refractivity contribution is 0.0697. The third-order valence-corrected chi connectivity index (χ3v) is 4.18. The number of benzene rings is 3. The molecule has 2 N–H and O–H groups in total. The monoisotopic (exact) mass is 347 g/mol. The molecule has 0 aliphatic carbocycles. The maximum absolute atomic E-state index is 10.9. The molecule has 4 heteroatoms. The molecule has 0 heterocycles. The second-order valence-corrected chi connectivity index (χ2v) is 6.10.